The summed E-state index contributed by atoms with van der Waals surface area (Å²) in [6, 6.07) is 0. The maximum absolute atomic E-state index is 9.05. The van der Waals surface area contributed by atoms with Gasteiger partial charge in [-0.3, -0.25) is 0 Å². The third-order valence-corrected chi connectivity index (χ3v) is 1.73. The molecule has 4 atom stereocenters. The molecule has 2 unspecified atom stereocenters. The lowest BCUT2D eigenvalue weighted by atomic mass is 10.0. The lowest BCUT2D eigenvalue weighted by molar-refractivity contribution is -0.251. The molecule has 0 amide bonds. The maximum Gasteiger partial charge on any atom is 0.183 e. The summed E-state index contributed by atoms with van der Waals surface area (Å²) < 4.78 is 4.71. The summed E-state index contributed by atoms with van der Waals surface area (Å²) in [5.41, 5.74) is 0. The Labute approximate surface area is 63.8 Å². The van der Waals surface area contributed by atoms with E-state index in [0.29, 0.717) is 0 Å². The molecule has 1 fully saturated rings. The van der Waals surface area contributed by atoms with Gasteiger partial charge in [0, 0.05) is 6.42 Å². The van der Waals surface area contributed by atoms with Crippen molar-refractivity contribution in [1.82, 2.24) is 0 Å². The van der Waals surface area contributed by atoms with Gasteiger partial charge in [-0.05, 0) is 0 Å². The van der Waals surface area contributed by atoms with E-state index in [1.54, 1.807) is 0 Å². The topological polar surface area (TPSA) is 90.2 Å². The van der Waals surface area contributed by atoms with Gasteiger partial charge >= 0.3 is 0 Å². The molecule has 1 saturated heterocycles. The van der Waals surface area contributed by atoms with Gasteiger partial charge in [0.1, 0.15) is 6.10 Å². The molecule has 0 aromatic heterocycles. The Morgan fingerprint density at radius 3 is 2.36 bits per heavy atom. The molecular formula is C6H12O5. The molecular weight excluding hydrogens is 152 g/mol. The molecule has 0 bridgehead atoms. The highest BCUT2D eigenvalue weighted by Crippen LogP contribution is 2.17. The van der Waals surface area contributed by atoms with Gasteiger partial charge in [0.2, 0.25) is 0 Å². The summed E-state index contributed by atoms with van der Waals surface area (Å²) in [7, 11) is 0. The van der Waals surface area contributed by atoms with Crippen LogP contribution in [0.1, 0.15) is 6.42 Å². The summed E-state index contributed by atoms with van der Waals surface area (Å²) in [5, 5.41) is 35.5. The van der Waals surface area contributed by atoms with Crippen molar-refractivity contribution < 1.29 is 25.2 Å². The van der Waals surface area contributed by atoms with Crippen molar-refractivity contribution in [3.05, 3.63) is 0 Å². The van der Waals surface area contributed by atoms with E-state index >= 15 is 0 Å². The van der Waals surface area contributed by atoms with Crippen LogP contribution in [0.5, 0.6) is 0 Å². The van der Waals surface area contributed by atoms with Crippen molar-refractivity contribution in [2.75, 3.05) is 6.61 Å². The maximum atomic E-state index is 9.05. The predicted molar refractivity (Wildman–Crippen MR) is 34.6 cm³/mol. The van der Waals surface area contributed by atoms with Crippen LogP contribution in [-0.4, -0.2) is 51.6 Å². The van der Waals surface area contributed by atoms with E-state index in [-0.39, 0.29) is 13.0 Å². The normalized spacial score (nSPS) is 45.8. The van der Waals surface area contributed by atoms with Crippen LogP contribution in [0.3, 0.4) is 0 Å². The van der Waals surface area contributed by atoms with Gasteiger partial charge in [0.05, 0.1) is 18.8 Å². The molecule has 0 radical (unpaired) electrons. The van der Waals surface area contributed by atoms with Gasteiger partial charge in [0.15, 0.2) is 6.29 Å². The largest absolute Gasteiger partial charge is 0.394 e. The molecule has 1 heterocycles. The number of hydrogen-bond acceptors (Lipinski definition) is 5. The first-order chi connectivity index (χ1) is 5.15. The molecule has 4 N–H and O–H groups in total. The zero-order chi connectivity index (χ0) is 8.43. The minimum atomic E-state index is -1.39. The van der Waals surface area contributed by atoms with Crippen molar-refractivity contribution in [3.8, 4) is 0 Å². The van der Waals surface area contributed by atoms with E-state index < -0.39 is 24.6 Å². The van der Waals surface area contributed by atoms with Crippen molar-refractivity contribution >= 4 is 0 Å². The Bertz CT molecular complexity index is 116. The number of aliphatic hydroxyl groups is 4. The Balaban J connectivity index is 2.47. The van der Waals surface area contributed by atoms with E-state index in [4.69, 9.17) is 25.2 Å². The first-order valence-electron chi connectivity index (χ1n) is 3.45. The highest BCUT2D eigenvalue weighted by atomic mass is 16.6. The molecule has 0 saturated carbocycles. The molecule has 1 aliphatic rings. The van der Waals surface area contributed by atoms with Gasteiger partial charge in [-0.25, -0.2) is 0 Å². The molecule has 1 rings (SSSR count). The van der Waals surface area contributed by atoms with Gasteiger partial charge in [-0.15, -0.1) is 0 Å². The summed E-state index contributed by atoms with van der Waals surface area (Å²) in [6.07, 6.45) is -4.11. The molecule has 66 valence electrons. The third kappa shape index (κ3) is 1.88. The molecule has 0 aliphatic carbocycles. The second-order valence-electron chi connectivity index (χ2n) is 2.62. The zero-order valence-electron chi connectivity index (χ0n) is 5.92. The number of ether oxygens (including phenoxy) is 1. The molecule has 1 aliphatic heterocycles. The van der Waals surface area contributed by atoms with Crippen LogP contribution in [0, 0.1) is 0 Å². The van der Waals surface area contributed by atoms with Crippen molar-refractivity contribution in [2.24, 2.45) is 0 Å². The minimum Gasteiger partial charge on any atom is -0.394 e. The Hall–Kier alpha value is -0.200. The molecule has 0 aromatic rings. The standard InChI is InChI=1S/C6H12O5/c7-2-3-1-4(8)5(9)6(10)11-3/h3-10H,1-2H2/t3?,4?,5-,6-/m1/s1. The highest BCUT2D eigenvalue weighted by Gasteiger charge is 2.34. The first-order valence-corrected chi connectivity index (χ1v) is 3.45. The van der Waals surface area contributed by atoms with Crippen LogP contribution in [0.2, 0.25) is 0 Å². The highest BCUT2D eigenvalue weighted by molar-refractivity contribution is 4.79. The molecule has 11 heavy (non-hydrogen) atoms. The average molecular weight is 164 g/mol. The second kappa shape index (κ2) is 3.46. The minimum absolute atomic E-state index is 0.148. The lowest BCUT2D eigenvalue weighted by Gasteiger charge is -2.33. The van der Waals surface area contributed by atoms with E-state index in [1.165, 1.54) is 0 Å². The molecule has 0 spiro atoms. The third-order valence-electron chi connectivity index (χ3n) is 1.73. The van der Waals surface area contributed by atoms with Crippen LogP contribution in [0.25, 0.3) is 0 Å². The quantitative estimate of drug-likeness (QED) is 0.353. The average Bonchev–Trinajstić information content (AvgIpc) is 1.99. The number of aliphatic hydroxyl groups excluding tert-OH is 4. The van der Waals surface area contributed by atoms with Gasteiger partial charge in [0.25, 0.3) is 0 Å². The second-order valence-corrected chi connectivity index (χ2v) is 2.62. The Kier molecular flexibility index (Phi) is 2.80. The predicted octanol–water partition coefficient (Wildman–Crippen LogP) is -2.19. The van der Waals surface area contributed by atoms with Gasteiger partial charge in [-0.1, -0.05) is 0 Å². The number of rotatable bonds is 1. The van der Waals surface area contributed by atoms with E-state index in [0.717, 1.165) is 0 Å². The Morgan fingerprint density at radius 1 is 1.27 bits per heavy atom. The summed E-state index contributed by atoms with van der Waals surface area (Å²) in [5.74, 6) is 0. The fourth-order valence-electron chi connectivity index (χ4n) is 1.05. The SMILES string of the molecule is OCC1CC(O)[C@@H](O)[C@H](O)O1. The molecule has 0 aromatic carbocycles. The van der Waals surface area contributed by atoms with Crippen LogP contribution in [-0.2, 0) is 4.74 Å². The number of hydrogen-bond donors (Lipinski definition) is 4. The fourth-order valence-corrected chi connectivity index (χ4v) is 1.05. The van der Waals surface area contributed by atoms with E-state index in [1.807, 2.05) is 0 Å². The smallest absolute Gasteiger partial charge is 0.183 e. The van der Waals surface area contributed by atoms with Crippen LogP contribution in [0.4, 0.5) is 0 Å². The van der Waals surface area contributed by atoms with Crippen molar-refractivity contribution in [1.29, 1.82) is 0 Å². The van der Waals surface area contributed by atoms with Gasteiger partial charge in [-0.2, -0.15) is 0 Å². The monoisotopic (exact) mass is 164 g/mol. The fraction of sp³-hybridized carbons (Fsp3) is 1.00. The summed E-state index contributed by atoms with van der Waals surface area (Å²) >= 11 is 0. The van der Waals surface area contributed by atoms with E-state index in [9.17, 15) is 0 Å². The van der Waals surface area contributed by atoms with Crippen molar-refractivity contribution in [3.63, 3.8) is 0 Å². The lowest BCUT2D eigenvalue weighted by Crippen LogP contribution is -2.49. The van der Waals surface area contributed by atoms with Crippen LogP contribution >= 0.6 is 0 Å². The molecule has 5 heteroatoms. The van der Waals surface area contributed by atoms with Crippen molar-refractivity contribution in [2.45, 2.75) is 31.0 Å². The first kappa shape index (κ1) is 8.89. The molecule has 5 nitrogen and oxygen atoms in total. The van der Waals surface area contributed by atoms with E-state index in [2.05, 4.69) is 0 Å². The van der Waals surface area contributed by atoms with Crippen LogP contribution < -0.4 is 0 Å². The summed E-state index contributed by atoms with van der Waals surface area (Å²) in [6.45, 7) is -0.263. The van der Waals surface area contributed by atoms with Crippen LogP contribution in [0.15, 0.2) is 0 Å². The summed E-state index contributed by atoms with van der Waals surface area (Å²) in [4.78, 5) is 0. The zero-order valence-corrected chi connectivity index (χ0v) is 5.92. The van der Waals surface area contributed by atoms with Gasteiger partial charge < -0.3 is 25.2 Å². The Morgan fingerprint density at radius 2 is 1.91 bits per heavy atom.